The Morgan fingerprint density at radius 1 is 1.22 bits per heavy atom. The van der Waals surface area contributed by atoms with Gasteiger partial charge in [-0.05, 0) is 13.3 Å². The molecule has 27 heavy (non-hydrogen) atoms. The SMILES string of the molecule is Cc1ccc(-c2nc(CC(=O)NCCCc3nc(C(C)C)no3)cs2)cc1. The average Bonchev–Trinajstić information content (AvgIpc) is 3.29. The first-order valence-corrected chi connectivity index (χ1v) is 10.00. The zero-order valence-electron chi connectivity index (χ0n) is 15.9. The molecule has 0 atom stereocenters. The smallest absolute Gasteiger partial charge is 0.226 e. The molecule has 0 saturated heterocycles. The van der Waals surface area contributed by atoms with Gasteiger partial charge in [-0.1, -0.05) is 48.8 Å². The summed E-state index contributed by atoms with van der Waals surface area (Å²) in [6, 6.07) is 8.24. The number of nitrogens with zero attached hydrogens (tertiary/aromatic N) is 3. The molecule has 0 fully saturated rings. The summed E-state index contributed by atoms with van der Waals surface area (Å²) in [5, 5.41) is 9.75. The van der Waals surface area contributed by atoms with E-state index in [-0.39, 0.29) is 11.8 Å². The number of rotatable bonds is 8. The number of hydrogen-bond acceptors (Lipinski definition) is 6. The maximum Gasteiger partial charge on any atom is 0.226 e. The first-order valence-electron chi connectivity index (χ1n) is 9.12. The Kier molecular flexibility index (Phi) is 6.34. The van der Waals surface area contributed by atoms with Crippen molar-refractivity contribution in [1.29, 1.82) is 0 Å². The van der Waals surface area contributed by atoms with Crippen molar-refractivity contribution in [2.75, 3.05) is 6.54 Å². The van der Waals surface area contributed by atoms with E-state index in [4.69, 9.17) is 4.52 Å². The van der Waals surface area contributed by atoms with Gasteiger partial charge in [-0.15, -0.1) is 11.3 Å². The second-order valence-electron chi connectivity index (χ2n) is 6.84. The quantitative estimate of drug-likeness (QED) is 0.596. The van der Waals surface area contributed by atoms with Crippen molar-refractivity contribution in [2.45, 2.75) is 46.0 Å². The standard InChI is InChI=1S/C20H24N4O2S/c1-13(2)19-23-18(26-24-19)5-4-10-21-17(25)11-16-12-27-20(22-16)15-8-6-14(3)7-9-15/h6-9,12-13H,4-5,10-11H2,1-3H3,(H,21,25). The summed E-state index contributed by atoms with van der Waals surface area (Å²) >= 11 is 1.56. The zero-order chi connectivity index (χ0) is 19.2. The summed E-state index contributed by atoms with van der Waals surface area (Å²) in [7, 11) is 0. The lowest BCUT2D eigenvalue weighted by Gasteiger charge is -2.02. The number of benzene rings is 1. The molecular formula is C20H24N4O2S. The third-order valence-electron chi connectivity index (χ3n) is 4.08. The third kappa shape index (κ3) is 5.47. The molecule has 0 saturated carbocycles. The van der Waals surface area contributed by atoms with Crippen LogP contribution in [-0.4, -0.2) is 27.6 Å². The van der Waals surface area contributed by atoms with Crippen molar-refractivity contribution in [3.05, 3.63) is 52.6 Å². The third-order valence-corrected chi connectivity index (χ3v) is 5.02. The van der Waals surface area contributed by atoms with Crippen molar-refractivity contribution >= 4 is 17.2 Å². The number of amides is 1. The van der Waals surface area contributed by atoms with Gasteiger partial charge in [0.05, 0.1) is 12.1 Å². The highest BCUT2D eigenvalue weighted by Gasteiger charge is 2.11. The number of carbonyl (C=O) groups is 1. The van der Waals surface area contributed by atoms with Crippen molar-refractivity contribution in [3.8, 4) is 10.6 Å². The summed E-state index contributed by atoms with van der Waals surface area (Å²) in [6.45, 7) is 6.69. The molecule has 0 spiro atoms. The van der Waals surface area contributed by atoms with Crippen LogP contribution in [-0.2, 0) is 17.6 Å². The lowest BCUT2D eigenvalue weighted by molar-refractivity contribution is -0.120. The number of hydrogen-bond donors (Lipinski definition) is 1. The van der Waals surface area contributed by atoms with Crippen molar-refractivity contribution in [2.24, 2.45) is 0 Å². The van der Waals surface area contributed by atoms with E-state index in [2.05, 4.69) is 51.6 Å². The molecular weight excluding hydrogens is 360 g/mol. The van der Waals surface area contributed by atoms with Gasteiger partial charge in [0, 0.05) is 29.8 Å². The van der Waals surface area contributed by atoms with E-state index in [0.29, 0.717) is 25.3 Å². The Balaban J connectivity index is 1.42. The minimum atomic E-state index is -0.0239. The number of thiazole rings is 1. The molecule has 0 aliphatic rings. The molecule has 142 valence electrons. The molecule has 0 aliphatic carbocycles. The van der Waals surface area contributed by atoms with Crippen LogP contribution < -0.4 is 5.32 Å². The van der Waals surface area contributed by atoms with Crippen LogP contribution in [0.3, 0.4) is 0 Å². The predicted octanol–water partition coefficient (Wildman–Crippen LogP) is 3.92. The van der Waals surface area contributed by atoms with Gasteiger partial charge in [-0.2, -0.15) is 4.98 Å². The van der Waals surface area contributed by atoms with Gasteiger partial charge < -0.3 is 9.84 Å². The number of aromatic nitrogens is 3. The van der Waals surface area contributed by atoms with Gasteiger partial charge in [0.1, 0.15) is 5.01 Å². The first-order chi connectivity index (χ1) is 13.0. The van der Waals surface area contributed by atoms with E-state index in [9.17, 15) is 4.79 Å². The molecule has 1 aromatic carbocycles. The minimum absolute atomic E-state index is 0.0239. The number of nitrogens with one attached hydrogen (secondary N) is 1. The first kappa shape index (κ1) is 19.2. The minimum Gasteiger partial charge on any atom is -0.356 e. The molecule has 0 unspecified atom stereocenters. The zero-order valence-corrected chi connectivity index (χ0v) is 16.7. The van der Waals surface area contributed by atoms with Crippen LogP contribution in [0.15, 0.2) is 34.2 Å². The molecule has 0 bridgehead atoms. The molecule has 2 heterocycles. The average molecular weight is 385 g/mol. The number of carbonyl (C=O) groups excluding carboxylic acids is 1. The van der Waals surface area contributed by atoms with Crippen LogP contribution in [0.1, 0.15) is 49.2 Å². The molecule has 1 N–H and O–H groups in total. The van der Waals surface area contributed by atoms with E-state index in [0.717, 1.165) is 28.5 Å². The molecule has 3 rings (SSSR count). The van der Waals surface area contributed by atoms with Gasteiger partial charge in [0.2, 0.25) is 11.8 Å². The topological polar surface area (TPSA) is 80.9 Å². The molecule has 1 amide bonds. The normalized spacial score (nSPS) is 11.1. The Bertz CT molecular complexity index is 884. The summed E-state index contributed by atoms with van der Waals surface area (Å²) < 4.78 is 5.20. The highest BCUT2D eigenvalue weighted by molar-refractivity contribution is 7.13. The van der Waals surface area contributed by atoms with Crippen LogP contribution in [0.25, 0.3) is 10.6 Å². The second-order valence-corrected chi connectivity index (χ2v) is 7.70. The van der Waals surface area contributed by atoms with E-state index in [1.165, 1.54) is 5.56 Å². The van der Waals surface area contributed by atoms with Crippen LogP contribution >= 0.6 is 11.3 Å². The fourth-order valence-electron chi connectivity index (χ4n) is 2.52. The molecule has 6 nitrogen and oxygen atoms in total. The van der Waals surface area contributed by atoms with Gasteiger partial charge >= 0.3 is 0 Å². The monoisotopic (exact) mass is 384 g/mol. The Morgan fingerprint density at radius 2 is 2.00 bits per heavy atom. The fourth-order valence-corrected chi connectivity index (χ4v) is 3.34. The van der Waals surface area contributed by atoms with E-state index < -0.39 is 0 Å². The van der Waals surface area contributed by atoms with Crippen LogP contribution in [0, 0.1) is 6.92 Å². The molecule has 7 heteroatoms. The van der Waals surface area contributed by atoms with Gasteiger partial charge in [-0.3, -0.25) is 4.79 Å². The highest BCUT2D eigenvalue weighted by atomic mass is 32.1. The number of aryl methyl sites for hydroxylation is 2. The van der Waals surface area contributed by atoms with Crippen LogP contribution in [0.5, 0.6) is 0 Å². The lowest BCUT2D eigenvalue weighted by Crippen LogP contribution is -2.26. The van der Waals surface area contributed by atoms with Gasteiger partial charge in [0.25, 0.3) is 0 Å². The van der Waals surface area contributed by atoms with Gasteiger partial charge in [0.15, 0.2) is 5.82 Å². The molecule has 0 aliphatic heterocycles. The Hall–Kier alpha value is -2.54. The van der Waals surface area contributed by atoms with Gasteiger partial charge in [-0.25, -0.2) is 4.98 Å². The maximum atomic E-state index is 12.1. The molecule has 3 aromatic rings. The second kappa shape index (κ2) is 8.90. The van der Waals surface area contributed by atoms with E-state index in [1.807, 2.05) is 19.2 Å². The summed E-state index contributed by atoms with van der Waals surface area (Å²) in [4.78, 5) is 21.0. The van der Waals surface area contributed by atoms with E-state index in [1.54, 1.807) is 11.3 Å². The van der Waals surface area contributed by atoms with Crippen molar-refractivity contribution < 1.29 is 9.32 Å². The fraction of sp³-hybridized carbons (Fsp3) is 0.400. The highest BCUT2D eigenvalue weighted by Crippen LogP contribution is 2.24. The van der Waals surface area contributed by atoms with Crippen LogP contribution in [0.2, 0.25) is 0 Å². The Labute approximate surface area is 163 Å². The van der Waals surface area contributed by atoms with Crippen LogP contribution in [0.4, 0.5) is 0 Å². The maximum absolute atomic E-state index is 12.1. The van der Waals surface area contributed by atoms with E-state index >= 15 is 0 Å². The molecule has 0 radical (unpaired) electrons. The summed E-state index contributed by atoms with van der Waals surface area (Å²) in [5.74, 6) is 1.58. The predicted molar refractivity (Wildman–Crippen MR) is 106 cm³/mol. The Morgan fingerprint density at radius 3 is 2.70 bits per heavy atom. The lowest BCUT2D eigenvalue weighted by atomic mass is 10.2. The van der Waals surface area contributed by atoms with Crippen molar-refractivity contribution in [3.63, 3.8) is 0 Å². The van der Waals surface area contributed by atoms with Crippen molar-refractivity contribution in [1.82, 2.24) is 20.4 Å². The molecule has 2 aromatic heterocycles. The largest absolute Gasteiger partial charge is 0.356 e. The summed E-state index contributed by atoms with van der Waals surface area (Å²) in [6.07, 6.45) is 1.71. The summed E-state index contributed by atoms with van der Waals surface area (Å²) in [5.41, 5.74) is 3.10.